The van der Waals surface area contributed by atoms with Gasteiger partial charge >= 0.3 is 5.97 Å². The number of hydrogen-bond donors (Lipinski definition) is 1. The molecule has 0 aliphatic rings. The summed E-state index contributed by atoms with van der Waals surface area (Å²) in [5.74, 6) is 1.69. The summed E-state index contributed by atoms with van der Waals surface area (Å²) in [4.78, 5) is 13.1. The van der Waals surface area contributed by atoms with Gasteiger partial charge in [-0.15, -0.1) is 17.8 Å². The molecular formula is C11H13NO2S. The third-order valence-corrected chi connectivity index (χ3v) is 2.84. The molecule has 4 heteroatoms. The predicted molar refractivity (Wildman–Crippen MR) is 62.6 cm³/mol. The molecule has 0 aromatic carbocycles. The molecule has 0 saturated carbocycles. The van der Waals surface area contributed by atoms with Crippen molar-refractivity contribution in [1.29, 1.82) is 0 Å². The van der Waals surface area contributed by atoms with Crippen LogP contribution in [0.5, 0.6) is 0 Å². The van der Waals surface area contributed by atoms with Crippen LogP contribution in [0.15, 0.2) is 11.4 Å². The molecule has 3 nitrogen and oxygen atoms in total. The average molecular weight is 223 g/mol. The van der Waals surface area contributed by atoms with Crippen molar-refractivity contribution in [2.45, 2.75) is 13.3 Å². The van der Waals surface area contributed by atoms with Gasteiger partial charge in [-0.25, -0.2) is 4.79 Å². The minimum Gasteiger partial charge on any atom is -0.477 e. The first-order chi connectivity index (χ1) is 7.19. The van der Waals surface area contributed by atoms with Crippen molar-refractivity contribution >= 4 is 23.0 Å². The highest BCUT2D eigenvalue weighted by Crippen LogP contribution is 2.23. The summed E-state index contributed by atoms with van der Waals surface area (Å²) in [7, 11) is 0. The van der Waals surface area contributed by atoms with Crippen LogP contribution in [-0.4, -0.2) is 24.2 Å². The zero-order valence-electron chi connectivity index (χ0n) is 8.56. The highest BCUT2D eigenvalue weighted by Gasteiger charge is 2.10. The van der Waals surface area contributed by atoms with Gasteiger partial charge in [0.2, 0.25) is 0 Å². The Morgan fingerprint density at radius 3 is 2.93 bits per heavy atom. The molecule has 1 aromatic heterocycles. The molecule has 1 N–H and O–H groups in total. The van der Waals surface area contributed by atoms with E-state index in [-0.39, 0.29) is 0 Å². The number of terminal acetylenes is 1. The number of thiophene rings is 1. The second-order valence-electron chi connectivity index (χ2n) is 3.10. The summed E-state index contributed by atoms with van der Waals surface area (Å²) in [6.45, 7) is 3.43. The summed E-state index contributed by atoms with van der Waals surface area (Å²) in [5, 5.41) is 10.6. The molecule has 0 atom stereocenters. The smallest absolute Gasteiger partial charge is 0.345 e. The molecule has 0 spiro atoms. The molecule has 0 radical (unpaired) electrons. The van der Waals surface area contributed by atoms with Gasteiger partial charge in [0.25, 0.3) is 0 Å². The van der Waals surface area contributed by atoms with Gasteiger partial charge in [0.1, 0.15) is 4.88 Å². The van der Waals surface area contributed by atoms with Crippen LogP contribution in [0.2, 0.25) is 0 Å². The van der Waals surface area contributed by atoms with Gasteiger partial charge in [-0.3, -0.25) is 0 Å². The Labute approximate surface area is 93.3 Å². The highest BCUT2D eigenvalue weighted by atomic mass is 32.1. The van der Waals surface area contributed by atoms with Crippen LogP contribution in [0.25, 0.3) is 0 Å². The summed E-state index contributed by atoms with van der Waals surface area (Å²) < 4.78 is 0. The first kappa shape index (κ1) is 11.6. The van der Waals surface area contributed by atoms with Gasteiger partial charge in [0, 0.05) is 17.6 Å². The maximum absolute atomic E-state index is 10.7. The number of aromatic carboxylic acids is 1. The van der Waals surface area contributed by atoms with Crippen molar-refractivity contribution in [3.05, 3.63) is 16.3 Å². The number of anilines is 1. The lowest BCUT2D eigenvalue weighted by Crippen LogP contribution is -2.23. The first-order valence-electron chi connectivity index (χ1n) is 4.69. The second kappa shape index (κ2) is 5.42. The van der Waals surface area contributed by atoms with Crippen LogP contribution in [0.3, 0.4) is 0 Å². The topological polar surface area (TPSA) is 40.5 Å². The number of carboxylic acids is 1. The maximum atomic E-state index is 10.7. The van der Waals surface area contributed by atoms with Crippen molar-refractivity contribution in [2.24, 2.45) is 0 Å². The van der Waals surface area contributed by atoms with E-state index in [0.29, 0.717) is 11.4 Å². The molecule has 80 valence electrons. The Morgan fingerprint density at radius 1 is 1.73 bits per heavy atom. The first-order valence-corrected chi connectivity index (χ1v) is 5.57. The predicted octanol–water partition coefficient (Wildman–Crippen LogP) is 2.30. The Balaban J connectivity index is 2.82. The molecule has 15 heavy (non-hydrogen) atoms. The van der Waals surface area contributed by atoms with Gasteiger partial charge in [-0.1, -0.05) is 12.8 Å². The summed E-state index contributed by atoms with van der Waals surface area (Å²) >= 11 is 1.23. The molecule has 0 bridgehead atoms. The van der Waals surface area contributed by atoms with Gasteiger partial charge in [-0.2, -0.15) is 0 Å². The molecule has 0 unspecified atom stereocenters. The summed E-state index contributed by atoms with van der Waals surface area (Å²) in [6, 6.07) is 1.67. The Bertz CT molecular complexity index is 378. The van der Waals surface area contributed by atoms with E-state index >= 15 is 0 Å². The highest BCUT2D eigenvalue weighted by molar-refractivity contribution is 7.12. The van der Waals surface area contributed by atoms with Crippen LogP contribution in [0.1, 0.15) is 23.0 Å². The van der Waals surface area contributed by atoms with E-state index in [4.69, 9.17) is 11.5 Å². The Kier molecular flexibility index (Phi) is 4.19. The Morgan fingerprint density at radius 2 is 2.47 bits per heavy atom. The van der Waals surface area contributed by atoms with Crippen molar-refractivity contribution in [3.63, 3.8) is 0 Å². The fraction of sp³-hybridized carbons (Fsp3) is 0.364. The fourth-order valence-corrected chi connectivity index (χ4v) is 2.04. The SMILES string of the molecule is C#CCN(CCC)c1csc(C(=O)O)c1. The number of hydrogen-bond acceptors (Lipinski definition) is 3. The van der Waals surface area contributed by atoms with Gasteiger partial charge in [0.05, 0.1) is 6.54 Å². The van der Waals surface area contributed by atoms with E-state index in [1.165, 1.54) is 11.3 Å². The molecule has 0 aliphatic heterocycles. The van der Waals surface area contributed by atoms with E-state index < -0.39 is 5.97 Å². The lowest BCUT2D eigenvalue weighted by molar-refractivity contribution is 0.0702. The Hall–Kier alpha value is -1.47. The van der Waals surface area contributed by atoms with Gasteiger partial charge < -0.3 is 10.0 Å². The van der Waals surface area contributed by atoms with Gasteiger partial charge in [0.15, 0.2) is 0 Å². The van der Waals surface area contributed by atoms with Crippen molar-refractivity contribution in [1.82, 2.24) is 0 Å². The minimum absolute atomic E-state index is 0.350. The van der Waals surface area contributed by atoms with E-state index in [9.17, 15) is 4.79 Å². The number of carbonyl (C=O) groups is 1. The third-order valence-electron chi connectivity index (χ3n) is 1.94. The normalized spacial score (nSPS) is 9.60. The molecular weight excluding hydrogens is 210 g/mol. The molecule has 0 aliphatic carbocycles. The molecule has 0 saturated heterocycles. The zero-order chi connectivity index (χ0) is 11.3. The third kappa shape index (κ3) is 3.00. The van der Waals surface area contributed by atoms with Crippen molar-refractivity contribution in [3.8, 4) is 12.3 Å². The molecule has 1 aromatic rings. The summed E-state index contributed by atoms with van der Waals surface area (Å²) in [5.41, 5.74) is 0.900. The lowest BCUT2D eigenvalue weighted by Gasteiger charge is -2.19. The van der Waals surface area contributed by atoms with E-state index in [0.717, 1.165) is 18.7 Å². The van der Waals surface area contributed by atoms with Gasteiger partial charge in [-0.05, 0) is 12.5 Å². The van der Waals surface area contributed by atoms with E-state index in [1.807, 2.05) is 10.3 Å². The molecule has 1 heterocycles. The lowest BCUT2D eigenvalue weighted by atomic mass is 10.3. The van der Waals surface area contributed by atoms with E-state index in [1.54, 1.807) is 6.07 Å². The van der Waals surface area contributed by atoms with Crippen molar-refractivity contribution < 1.29 is 9.90 Å². The van der Waals surface area contributed by atoms with Crippen LogP contribution < -0.4 is 4.90 Å². The monoisotopic (exact) mass is 223 g/mol. The van der Waals surface area contributed by atoms with Crippen molar-refractivity contribution in [2.75, 3.05) is 18.0 Å². The minimum atomic E-state index is -0.886. The van der Waals surface area contributed by atoms with Crippen LogP contribution in [0.4, 0.5) is 5.69 Å². The largest absolute Gasteiger partial charge is 0.477 e. The maximum Gasteiger partial charge on any atom is 0.345 e. The number of rotatable bonds is 5. The molecule has 1 rings (SSSR count). The standard InChI is InChI=1S/C11H13NO2S/c1-3-5-12(6-4-2)9-7-10(11(13)14)15-8-9/h1,7-8H,4-6H2,2H3,(H,13,14). The average Bonchev–Trinajstić information content (AvgIpc) is 2.66. The quantitative estimate of drug-likeness (QED) is 0.779. The van der Waals surface area contributed by atoms with E-state index in [2.05, 4.69) is 12.8 Å². The molecule has 0 amide bonds. The van der Waals surface area contributed by atoms with Crippen LogP contribution in [-0.2, 0) is 0 Å². The number of nitrogens with zero attached hydrogens (tertiary/aromatic N) is 1. The fourth-order valence-electron chi connectivity index (χ4n) is 1.28. The number of carboxylic acid groups (broad SMARTS) is 1. The second-order valence-corrected chi connectivity index (χ2v) is 4.01. The molecule has 0 fully saturated rings. The van der Waals surface area contributed by atoms with Crippen LogP contribution in [0, 0.1) is 12.3 Å². The zero-order valence-corrected chi connectivity index (χ0v) is 9.38. The van der Waals surface area contributed by atoms with Crippen LogP contribution >= 0.6 is 11.3 Å². The summed E-state index contributed by atoms with van der Waals surface area (Å²) in [6.07, 6.45) is 6.25.